The summed E-state index contributed by atoms with van der Waals surface area (Å²) in [6.45, 7) is 4.21. The first-order valence-corrected chi connectivity index (χ1v) is 7.04. The molecule has 0 aliphatic carbocycles. The molecule has 114 valence electrons. The summed E-state index contributed by atoms with van der Waals surface area (Å²) in [6, 6.07) is 3.11. The molecule has 0 aromatic carbocycles. The number of nitrogens with zero attached hydrogens (tertiary/aromatic N) is 2. The van der Waals surface area contributed by atoms with Gasteiger partial charge < -0.3 is 15.4 Å². The van der Waals surface area contributed by atoms with E-state index < -0.39 is 11.8 Å². The minimum absolute atomic E-state index is 0.285. The molecule has 1 aliphatic rings. The van der Waals surface area contributed by atoms with Gasteiger partial charge in [-0.2, -0.15) is 0 Å². The van der Waals surface area contributed by atoms with E-state index in [9.17, 15) is 9.59 Å². The van der Waals surface area contributed by atoms with E-state index in [0.717, 1.165) is 13.1 Å². The molecule has 2 N–H and O–H groups in total. The maximum Gasteiger partial charge on any atom is 0.314 e. The zero-order valence-corrected chi connectivity index (χ0v) is 12.2. The fourth-order valence-electron chi connectivity index (χ4n) is 1.86. The van der Waals surface area contributed by atoms with Crippen molar-refractivity contribution in [2.75, 3.05) is 44.7 Å². The van der Waals surface area contributed by atoms with Gasteiger partial charge in [0.25, 0.3) is 0 Å². The molecule has 2 rings (SSSR count). The molecular formula is C13H17ClN4O3. The highest BCUT2D eigenvalue weighted by atomic mass is 35.5. The molecule has 2 heterocycles. The quantitative estimate of drug-likeness (QED) is 0.772. The Kier molecular flexibility index (Phi) is 5.91. The van der Waals surface area contributed by atoms with Crippen molar-refractivity contribution in [2.24, 2.45) is 0 Å². The van der Waals surface area contributed by atoms with Crippen molar-refractivity contribution < 1.29 is 14.3 Å². The molecular weight excluding hydrogens is 296 g/mol. The van der Waals surface area contributed by atoms with Crippen LogP contribution in [-0.2, 0) is 14.3 Å². The van der Waals surface area contributed by atoms with Crippen LogP contribution in [0.3, 0.4) is 0 Å². The largest absolute Gasteiger partial charge is 0.379 e. The fourth-order valence-corrected chi connectivity index (χ4v) is 1.97. The van der Waals surface area contributed by atoms with E-state index in [1.54, 1.807) is 6.07 Å². The number of anilines is 1. The smallest absolute Gasteiger partial charge is 0.314 e. The van der Waals surface area contributed by atoms with E-state index in [0.29, 0.717) is 31.3 Å². The number of carbonyl (C=O) groups is 2. The minimum atomic E-state index is -0.744. The second-order valence-electron chi connectivity index (χ2n) is 4.53. The maximum atomic E-state index is 11.6. The average Bonchev–Trinajstić information content (AvgIpc) is 2.50. The predicted octanol–water partition coefficient (Wildman–Crippen LogP) is 0.122. The van der Waals surface area contributed by atoms with Crippen molar-refractivity contribution in [3.63, 3.8) is 0 Å². The Morgan fingerprint density at radius 3 is 2.71 bits per heavy atom. The monoisotopic (exact) mass is 312 g/mol. The third-order valence-corrected chi connectivity index (χ3v) is 3.22. The lowest BCUT2D eigenvalue weighted by atomic mass is 10.4. The molecule has 1 aliphatic heterocycles. The van der Waals surface area contributed by atoms with Crippen LogP contribution in [0.2, 0.25) is 5.02 Å². The number of hydrogen-bond donors (Lipinski definition) is 2. The second-order valence-corrected chi connectivity index (χ2v) is 4.96. The van der Waals surface area contributed by atoms with E-state index in [1.165, 1.54) is 12.3 Å². The lowest BCUT2D eigenvalue weighted by Crippen LogP contribution is -2.43. The molecule has 0 radical (unpaired) electrons. The minimum Gasteiger partial charge on any atom is -0.379 e. The van der Waals surface area contributed by atoms with Gasteiger partial charge in [0.05, 0.1) is 18.2 Å². The number of rotatable bonds is 4. The first kappa shape index (κ1) is 15.7. The molecule has 8 heteroatoms. The van der Waals surface area contributed by atoms with Crippen molar-refractivity contribution in [1.82, 2.24) is 15.2 Å². The molecule has 0 atom stereocenters. The summed E-state index contributed by atoms with van der Waals surface area (Å²) in [6.07, 6.45) is 1.40. The number of pyridine rings is 1. The molecule has 1 aromatic rings. The maximum absolute atomic E-state index is 11.6. The van der Waals surface area contributed by atoms with Crippen LogP contribution in [0.4, 0.5) is 5.82 Å². The molecule has 7 nitrogen and oxygen atoms in total. The van der Waals surface area contributed by atoms with Crippen LogP contribution in [0.1, 0.15) is 0 Å². The summed E-state index contributed by atoms with van der Waals surface area (Å²) in [7, 11) is 0. The summed E-state index contributed by atoms with van der Waals surface area (Å²) in [5, 5.41) is 5.44. The van der Waals surface area contributed by atoms with Gasteiger partial charge in [0.2, 0.25) is 0 Å². The first-order chi connectivity index (χ1) is 10.1. The van der Waals surface area contributed by atoms with Gasteiger partial charge in [-0.05, 0) is 12.1 Å². The van der Waals surface area contributed by atoms with Crippen LogP contribution in [0.25, 0.3) is 0 Å². The Hall–Kier alpha value is -1.70. The van der Waals surface area contributed by atoms with Gasteiger partial charge in [0.1, 0.15) is 5.82 Å². The molecule has 2 amide bonds. The predicted molar refractivity (Wildman–Crippen MR) is 78.1 cm³/mol. The standard InChI is InChI=1S/C13H17ClN4O3/c14-10-1-2-11(16-9-10)17-13(20)12(19)15-3-4-18-5-7-21-8-6-18/h1-2,9H,3-8H2,(H,15,19)(H,16,17,20). The van der Waals surface area contributed by atoms with Crippen LogP contribution in [-0.4, -0.2) is 61.1 Å². The highest BCUT2D eigenvalue weighted by Crippen LogP contribution is 2.09. The van der Waals surface area contributed by atoms with Crippen LogP contribution < -0.4 is 10.6 Å². The number of nitrogens with one attached hydrogen (secondary N) is 2. The number of carbonyl (C=O) groups excluding carboxylic acids is 2. The zero-order valence-electron chi connectivity index (χ0n) is 11.5. The molecule has 1 saturated heterocycles. The Labute approximate surface area is 127 Å². The molecule has 0 spiro atoms. The summed E-state index contributed by atoms with van der Waals surface area (Å²) < 4.78 is 5.23. The van der Waals surface area contributed by atoms with Gasteiger partial charge in [-0.1, -0.05) is 11.6 Å². The SMILES string of the molecule is O=C(NCCN1CCOCC1)C(=O)Nc1ccc(Cl)cn1. The topological polar surface area (TPSA) is 83.6 Å². The van der Waals surface area contributed by atoms with Crippen LogP contribution in [0, 0.1) is 0 Å². The van der Waals surface area contributed by atoms with Crippen molar-refractivity contribution in [2.45, 2.75) is 0 Å². The van der Waals surface area contributed by atoms with Gasteiger partial charge in [0.15, 0.2) is 0 Å². The number of hydrogen-bond acceptors (Lipinski definition) is 5. The Bertz CT molecular complexity index is 489. The third-order valence-electron chi connectivity index (χ3n) is 2.99. The van der Waals surface area contributed by atoms with Gasteiger partial charge >= 0.3 is 11.8 Å². The van der Waals surface area contributed by atoms with E-state index in [2.05, 4.69) is 20.5 Å². The molecule has 21 heavy (non-hydrogen) atoms. The Balaban J connectivity index is 1.69. The third kappa shape index (κ3) is 5.30. The summed E-state index contributed by atoms with van der Waals surface area (Å²) in [5.41, 5.74) is 0. The van der Waals surface area contributed by atoms with E-state index in [-0.39, 0.29) is 5.82 Å². The number of ether oxygens (including phenoxy) is 1. The van der Waals surface area contributed by atoms with E-state index in [4.69, 9.17) is 16.3 Å². The van der Waals surface area contributed by atoms with Crippen LogP contribution >= 0.6 is 11.6 Å². The number of morpholine rings is 1. The summed E-state index contributed by atoms with van der Waals surface area (Å²) >= 11 is 5.69. The Morgan fingerprint density at radius 2 is 2.05 bits per heavy atom. The molecule has 0 bridgehead atoms. The van der Waals surface area contributed by atoms with E-state index >= 15 is 0 Å². The van der Waals surface area contributed by atoms with Gasteiger partial charge in [-0.25, -0.2) is 4.98 Å². The van der Waals surface area contributed by atoms with Crippen molar-refractivity contribution >= 4 is 29.2 Å². The highest BCUT2D eigenvalue weighted by Gasteiger charge is 2.15. The number of halogens is 1. The van der Waals surface area contributed by atoms with Gasteiger partial charge in [-0.3, -0.25) is 14.5 Å². The van der Waals surface area contributed by atoms with Crippen molar-refractivity contribution in [3.8, 4) is 0 Å². The highest BCUT2D eigenvalue weighted by molar-refractivity contribution is 6.39. The zero-order chi connectivity index (χ0) is 15.1. The van der Waals surface area contributed by atoms with Crippen molar-refractivity contribution in [1.29, 1.82) is 0 Å². The fraction of sp³-hybridized carbons (Fsp3) is 0.462. The normalized spacial score (nSPS) is 15.5. The number of aromatic nitrogens is 1. The second kappa shape index (κ2) is 7.92. The molecule has 1 aromatic heterocycles. The van der Waals surface area contributed by atoms with Crippen molar-refractivity contribution in [3.05, 3.63) is 23.4 Å². The lowest BCUT2D eigenvalue weighted by molar-refractivity contribution is -0.136. The molecule has 0 saturated carbocycles. The van der Waals surface area contributed by atoms with E-state index in [1.807, 2.05) is 0 Å². The van der Waals surface area contributed by atoms with Gasteiger partial charge in [0, 0.05) is 32.4 Å². The van der Waals surface area contributed by atoms with Crippen LogP contribution in [0.15, 0.2) is 18.3 Å². The summed E-state index contributed by atoms with van der Waals surface area (Å²) in [4.78, 5) is 29.3. The first-order valence-electron chi connectivity index (χ1n) is 6.66. The van der Waals surface area contributed by atoms with Crippen LogP contribution in [0.5, 0.6) is 0 Å². The van der Waals surface area contributed by atoms with Gasteiger partial charge in [-0.15, -0.1) is 0 Å². The lowest BCUT2D eigenvalue weighted by Gasteiger charge is -2.26. The molecule has 0 unspecified atom stereocenters. The summed E-state index contributed by atoms with van der Waals surface area (Å²) in [5.74, 6) is -1.14. The number of amides is 2. The average molecular weight is 313 g/mol. The molecule has 1 fully saturated rings. The Morgan fingerprint density at radius 1 is 1.29 bits per heavy atom.